The number of carboxylic acid groups (broad SMARTS) is 2. The Hall–Kier alpha value is -8.52. The molecule has 0 amide bonds. The van der Waals surface area contributed by atoms with Crippen molar-refractivity contribution in [2.24, 2.45) is 5.41 Å². The first kappa shape index (κ1) is 44.1. The maximum Gasteiger partial charge on any atom is 0.309 e. The molecule has 2 heterocycles. The average molecular weight is 881 g/mol. The monoisotopic (exact) mass is 880 g/mol. The quantitative estimate of drug-likeness (QED) is 0.0596. The first-order valence-electron chi connectivity index (χ1n) is 21.3. The average Bonchev–Trinajstić information content (AvgIpc) is 3.34. The maximum atomic E-state index is 13.0. The number of aromatic nitrogens is 6. The molecule has 0 aliphatic heterocycles. The molecule has 0 atom stereocenters. The van der Waals surface area contributed by atoms with Crippen molar-refractivity contribution in [2.75, 3.05) is 13.2 Å². The van der Waals surface area contributed by atoms with Crippen molar-refractivity contribution >= 4 is 11.9 Å². The summed E-state index contributed by atoms with van der Waals surface area (Å²) >= 11 is 0. The van der Waals surface area contributed by atoms with Crippen molar-refractivity contribution in [2.45, 2.75) is 32.1 Å². The number of aromatic hydroxyl groups is 2. The molecule has 6 aromatic carbocycles. The summed E-state index contributed by atoms with van der Waals surface area (Å²) in [5.41, 5.74) is 2.34. The Labute approximate surface area is 380 Å². The van der Waals surface area contributed by atoms with E-state index in [0.29, 0.717) is 34.4 Å². The number of carboxylic acids is 2. The van der Waals surface area contributed by atoms with Crippen molar-refractivity contribution in [3.8, 4) is 91.3 Å². The molecular formula is C52H44N6O8. The van der Waals surface area contributed by atoms with Gasteiger partial charge in [-0.2, -0.15) is 0 Å². The number of ether oxygens (including phenoxy) is 2. The van der Waals surface area contributed by atoms with Gasteiger partial charge in [0.05, 0.1) is 29.8 Å². The minimum absolute atomic E-state index is 0.000766. The van der Waals surface area contributed by atoms with Crippen LogP contribution in [0.3, 0.4) is 0 Å². The molecule has 0 aliphatic rings. The van der Waals surface area contributed by atoms with Crippen LogP contribution in [-0.2, 0) is 9.59 Å². The molecule has 0 saturated carbocycles. The van der Waals surface area contributed by atoms with Crippen molar-refractivity contribution in [3.05, 3.63) is 158 Å². The molecule has 330 valence electrons. The molecule has 4 N–H and O–H groups in total. The molecule has 14 nitrogen and oxygen atoms in total. The Morgan fingerprint density at radius 3 is 1.08 bits per heavy atom. The van der Waals surface area contributed by atoms with E-state index in [0.717, 1.165) is 22.3 Å². The molecule has 0 unspecified atom stereocenters. The van der Waals surface area contributed by atoms with E-state index in [-0.39, 0.29) is 80.0 Å². The molecule has 8 rings (SSSR count). The van der Waals surface area contributed by atoms with Gasteiger partial charge in [-0.3, -0.25) is 9.59 Å². The topological polar surface area (TPSA) is 211 Å². The van der Waals surface area contributed by atoms with E-state index in [1.165, 1.54) is 12.1 Å². The van der Waals surface area contributed by atoms with Gasteiger partial charge in [-0.25, -0.2) is 29.9 Å². The highest BCUT2D eigenvalue weighted by atomic mass is 16.5. The Bertz CT molecular complexity index is 2650. The summed E-state index contributed by atoms with van der Waals surface area (Å²) in [6, 6.07) is 47.1. The minimum Gasteiger partial charge on any atom is -0.507 e. The van der Waals surface area contributed by atoms with Crippen molar-refractivity contribution < 1.29 is 39.5 Å². The Balaban J connectivity index is 0.972. The minimum atomic E-state index is -1.43. The zero-order valence-corrected chi connectivity index (χ0v) is 35.6. The van der Waals surface area contributed by atoms with E-state index >= 15 is 0 Å². The number of carbonyl (C=O) groups is 2. The highest BCUT2D eigenvalue weighted by molar-refractivity contribution is 5.75. The lowest BCUT2D eigenvalue weighted by atomic mass is 9.77. The third-order valence-corrected chi connectivity index (χ3v) is 11.0. The third kappa shape index (κ3) is 10.6. The maximum absolute atomic E-state index is 13.0. The molecule has 0 fully saturated rings. The number of phenols is 2. The molecule has 0 bridgehead atoms. The van der Waals surface area contributed by atoms with Crippen LogP contribution in [0.25, 0.3) is 68.3 Å². The zero-order chi connectivity index (χ0) is 45.9. The number of phenolic OH excluding ortho intramolecular Hbond substituents is 2. The fourth-order valence-corrected chi connectivity index (χ4v) is 7.44. The lowest BCUT2D eigenvalue weighted by Gasteiger charge is -2.29. The lowest BCUT2D eigenvalue weighted by Crippen LogP contribution is -2.35. The van der Waals surface area contributed by atoms with Crippen LogP contribution in [0.15, 0.2) is 158 Å². The lowest BCUT2D eigenvalue weighted by molar-refractivity contribution is -0.152. The summed E-state index contributed by atoms with van der Waals surface area (Å²) in [5.74, 6) is 0.283. The Kier molecular flexibility index (Phi) is 13.6. The van der Waals surface area contributed by atoms with Gasteiger partial charge in [-0.05, 0) is 49.9 Å². The number of nitrogens with zero attached hydrogens (tertiary/aromatic N) is 6. The SMILES string of the molecule is O=C(O)CCCC(CCOc1ccc(-c2nc(-c3ccccc3)nc(-c3ccccc3)n2)c(O)c1)(CCOc1ccc(-c2nc(-c3ccccc3)nc(-c3ccccc3)n2)c(O)c1)C(=O)O. The second-order valence-electron chi connectivity index (χ2n) is 15.5. The molecule has 0 aliphatic carbocycles. The highest BCUT2D eigenvalue weighted by Crippen LogP contribution is 2.38. The standard InChI is InChI=1S/C52H44N6O8/c59-42-32-38(23-25-40(42)49-55-45(34-14-5-1-6-15-34)53-46(56-49)35-16-7-2-8-17-35)65-30-28-52(51(63)64,27-13-22-44(61)62)29-31-66-39-24-26-41(43(60)33-39)50-57-47(36-18-9-3-10-19-36)54-48(58-50)37-20-11-4-12-21-37/h1-12,14-21,23-26,32-33,59-60H,13,22,27-31H2,(H,61,62)(H,63,64). The molecular weight excluding hydrogens is 837 g/mol. The third-order valence-electron chi connectivity index (χ3n) is 11.0. The van der Waals surface area contributed by atoms with E-state index < -0.39 is 17.4 Å². The van der Waals surface area contributed by atoms with E-state index in [4.69, 9.17) is 19.4 Å². The molecule has 0 radical (unpaired) electrons. The zero-order valence-electron chi connectivity index (χ0n) is 35.6. The summed E-state index contributed by atoms with van der Waals surface area (Å²) in [6.45, 7) is -0.144. The molecule has 2 aromatic heterocycles. The summed E-state index contributed by atoms with van der Waals surface area (Å²) in [5, 5.41) is 42.5. The van der Waals surface area contributed by atoms with Gasteiger partial charge in [0.1, 0.15) is 23.0 Å². The molecule has 8 aromatic rings. The van der Waals surface area contributed by atoms with Gasteiger partial charge in [0.25, 0.3) is 0 Å². The summed E-state index contributed by atoms with van der Waals surface area (Å²) in [4.78, 5) is 52.6. The van der Waals surface area contributed by atoms with Crippen LogP contribution >= 0.6 is 0 Å². The van der Waals surface area contributed by atoms with Gasteiger partial charge < -0.3 is 29.9 Å². The smallest absolute Gasteiger partial charge is 0.309 e. The van der Waals surface area contributed by atoms with Gasteiger partial charge in [0, 0.05) is 40.8 Å². The summed E-state index contributed by atoms with van der Waals surface area (Å²) < 4.78 is 12.0. The Morgan fingerprint density at radius 1 is 0.439 bits per heavy atom. The fourth-order valence-electron chi connectivity index (χ4n) is 7.44. The number of hydrogen-bond acceptors (Lipinski definition) is 12. The first-order chi connectivity index (χ1) is 32.1. The normalized spacial score (nSPS) is 11.2. The van der Waals surface area contributed by atoms with Crippen LogP contribution in [0, 0.1) is 5.41 Å². The van der Waals surface area contributed by atoms with Gasteiger partial charge in [0.2, 0.25) is 0 Å². The number of aliphatic carboxylic acids is 2. The predicted molar refractivity (Wildman–Crippen MR) is 247 cm³/mol. The van der Waals surface area contributed by atoms with Crippen LogP contribution in [0.4, 0.5) is 0 Å². The highest BCUT2D eigenvalue weighted by Gasteiger charge is 2.38. The first-order valence-corrected chi connectivity index (χ1v) is 21.3. The van der Waals surface area contributed by atoms with E-state index in [1.54, 1.807) is 24.3 Å². The van der Waals surface area contributed by atoms with E-state index in [1.807, 2.05) is 121 Å². The van der Waals surface area contributed by atoms with Crippen LogP contribution in [0.2, 0.25) is 0 Å². The van der Waals surface area contributed by atoms with E-state index in [9.17, 15) is 30.0 Å². The number of rotatable bonds is 19. The van der Waals surface area contributed by atoms with Crippen LogP contribution in [-0.4, -0.2) is 75.5 Å². The second kappa shape index (κ2) is 20.3. The summed E-state index contributed by atoms with van der Waals surface area (Å²) in [6.07, 6.45) is -0.0736. The fraction of sp³-hybridized carbons (Fsp3) is 0.154. The van der Waals surface area contributed by atoms with Gasteiger partial charge in [-0.1, -0.05) is 121 Å². The number of benzene rings is 6. The van der Waals surface area contributed by atoms with Crippen molar-refractivity contribution in [3.63, 3.8) is 0 Å². The summed E-state index contributed by atoms with van der Waals surface area (Å²) in [7, 11) is 0. The van der Waals surface area contributed by atoms with Crippen LogP contribution in [0.5, 0.6) is 23.0 Å². The van der Waals surface area contributed by atoms with E-state index in [2.05, 4.69) is 19.9 Å². The van der Waals surface area contributed by atoms with Crippen molar-refractivity contribution in [1.82, 2.24) is 29.9 Å². The predicted octanol–water partition coefficient (Wildman–Crippen LogP) is 10.0. The second-order valence-corrected chi connectivity index (χ2v) is 15.5. The molecule has 14 heteroatoms. The molecule has 0 saturated heterocycles. The van der Waals surface area contributed by atoms with Crippen LogP contribution in [0.1, 0.15) is 32.1 Å². The Morgan fingerprint density at radius 2 is 0.773 bits per heavy atom. The van der Waals surface area contributed by atoms with Gasteiger partial charge in [0.15, 0.2) is 34.9 Å². The number of hydrogen-bond donors (Lipinski definition) is 4. The van der Waals surface area contributed by atoms with Crippen LogP contribution < -0.4 is 9.47 Å². The van der Waals surface area contributed by atoms with Gasteiger partial charge >= 0.3 is 11.9 Å². The molecule has 0 spiro atoms. The van der Waals surface area contributed by atoms with Gasteiger partial charge in [-0.15, -0.1) is 0 Å². The molecule has 66 heavy (non-hydrogen) atoms. The largest absolute Gasteiger partial charge is 0.507 e. The van der Waals surface area contributed by atoms with Crippen molar-refractivity contribution in [1.29, 1.82) is 0 Å².